The first-order valence-electron chi connectivity index (χ1n) is 6.23. The standard InChI is InChI=1S/C13H14N2O4S/c1-2-5-15-11(16)7-9(12(15)17)20-10-6-8(13(18)19)3-4-14-10/h3-4,6,9H,2,5,7H2,1H3,(H,18,19). The van der Waals surface area contributed by atoms with E-state index >= 15 is 0 Å². The number of amides is 2. The van der Waals surface area contributed by atoms with Gasteiger partial charge in [0.25, 0.3) is 0 Å². The predicted octanol–water partition coefficient (Wildman–Crippen LogP) is 1.41. The molecule has 0 saturated carbocycles. The average molecular weight is 294 g/mol. The first-order valence-corrected chi connectivity index (χ1v) is 7.11. The Morgan fingerprint density at radius 1 is 1.55 bits per heavy atom. The van der Waals surface area contributed by atoms with Gasteiger partial charge < -0.3 is 5.11 Å². The second-order valence-electron chi connectivity index (χ2n) is 4.38. The van der Waals surface area contributed by atoms with Gasteiger partial charge in [-0.1, -0.05) is 18.7 Å². The van der Waals surface area contributed by atoms with Gasteiger partial charge in [0.1, 0.15) is 0 Å². The molecule has 0 radical (unpaired) electrons. The number of aromatic carboxylic acids is 1. The molecule has 0 aliphatic carbocycles. The second-order valence-corrected chi connectivity index (χ2v) is 5.61. The lowest BCUT2D eigenvalue weighted by molar-refractivity contribution is -0.138. The molecule has 1 N–H and O–H groups in total. The number of pyridine rings is 1. The molecule has 0 aromatic carbocycles. The summed E-state index contributed by atoms with van der Waals surface area (Å²) in [5.41, 5.74) is 0.115. The van der Waals surface area contributed by atoms with Gasteiger partial charge in [-0.2, -0.15) is 0 Å². The number of carbonyl (C=O) groups excluding carboxylic acids is 2. The molecule has 106 valence electrons. The van der Waals surface area contributed by atoms with E-state index in [1.165, 1.54) is 23.2 Å². The molecule has 1 aliphatic heterocycles. The number of imide groups is 1. The van der Waals surface area contributed by atoms with Crippen molar-refractivity contribution in [2.45, 2.75) is 30.0 Å². The van der Waals surface area contributed by atoms with Gasteiger partial charge in [-0.3, -0.25) is 14.5 Å². The Kier molecular flexibility index (Phi) is 4.39. The Morgan fingerprint density at radius 2 is 2.30 bits per heavy atom. The van der Waals surface area contributed by atoms with Crippen LogP contribution in [0.2, 0.25) is 0 Å². The van der Waals surface area contributed by atoms with Gasteiger partial charge in [-0.05, 0) is 18.6 Å². The SMILES string of the molecule is CCCN1C(=O)CC(Sc2cc(C(=O)O)ccn2)C1=O. The number of hydrogen-bond acceptors (Lipinski definition) is 5. The van der Waals surface area contributed by atoms with Crippen molar-refractivity contribution in [2.75, 3.05) is 6.54 Å². The zero-order valence-corrected chi connectivity index (χ0v) is 11.7. The van der Waals surface area contributed by atoms with Crippen LogP contribution in [-0.4, -0.2) is 44.6 Å². The van der Waals surface area contributed by atoms with E-state index < -0.39 is 11.2 Å². The van der Waals surface area contributed by atoms with E-state index in [1.807, 2.05) is 6.92 Å². The van der Waals surface area contributed by atoms with E-state index in [9.17, 15) is 14.4 Å². The number of carbonyl (C=O) groups is 3. The van der Waals surface area contributed by atoms with Crippen LogP contribution in [0.15, 0.2) is 23.4 Å². The molecule has 1 fully saturated rings. The molecule has 0 bridgehead atoms. The van der Waals surface area contributed by atoms with Crippen molar-refractivity contribution in [3.8, 4) is 0 Å². The van der Waals surface area contributed by atoms with Crippen molar-refractivity contribution in [1.29, 1.82) is 0 Å². The Bertz CT molecular complexity index is 561. The lowest BCUT2D eigenvalue weighted by atomic mass is 10.3. The maximum Gasteiger partial charge on any atom is 0.335 e. The van der Waals surface area contributed by atoms with Gasteiger partial charge >= 0.3 is 5.97 Å². The summed E-state index contributed by atoms with van der Waals surface area (Å²) in [5.74, 6) is -1.44. The third kappa shape index (κ3) is 2.98. The molecule has 1 atom stereocenters. The number of aromatic nitrogens is 1. The molecule has 1 aromatic heterocycles. The van der Waals surface area contributed by atoms with Crippen molar-refractivity contribution in [1.82, 2.24) is 9.88 Å². The molecule has 1 unspecified atom stereocenters. The number of hydrogen-bond donors (Lipinski definition) is 1. The number of rotatable bonds is 5. The lowest BCUT2D eigenvalue weighted by Crippen LogP contribution is -2.31. The van der Waals surface area contributed by atoms with Crippen LogP contribution in [0.4, 0.5) is 0 Å². The van der Waals surface area contributed by atoms with E-state index in [2.05, 4.69) is 4.98 Å². The summed E-state index contributed by atoms with van der Waals surface area (Å²) in [5, 5.41) is 8.84. The van der Waals surface area contributed by atoms with E-state index in [0.717, 1.165) is 18.2 Å². The van der Waals surface area contributed by atoms with Crippen molar-refractivity contribution >= 4 is 29.5 Å². The van der Waals surface area contributed by atoms with E-state index in [-0.39, 0.29) is 23.8 Å². The van der Waals surface area contributed by atoms with Crippen molar-refractivity contribution < 1.29 is 19.5 Å². The zero-order chi connectivity index (χ0) is 14.7. The summed E-state index contributed by atoms with van der Waals surface area (Å²) in [6.45, 7) is 2.33. The summed E-state index contributed by atoms with van der Waals surface area (Å²) in [7, 11) is 0. The van der Waals surface area contributed by atoms with Crippen LogP contribution in [-0.2, 0) is 9.59 Å². The highest BCUT2D eigenvalue weighted by atomic mass is 32.2. The maximum atomic E-state index is 12.1. The topological polar surface area (TPSA) is 87.6 Å². The Morgan fingerprint density at radius 3 is 2.95 bits per heavy atom. The Balaban J connectivity index is 2.11. The third-order valence-corrected chi connectivity index (χ3v) is 4.01. The quantitative estimate of drug-likeness (QED) is 0.826. The fourth-order valence-electron chi connectivity index (χ4n) is 1.96. The van der Waals surface area contributed by atoms with E-state index in [0.29, 0.717) is 11.6 Å². The largest absolute Gasteiger partial charge is 0.478 e. The summed E-state index contributed by atoms with van der Waals surface area (Å²) < 4.78 is 0. The number of thioether (sulfide) groups is 1. The molecule has 0 spiro atoms. The number of carboxylic acids is 1. The normalized spacial score (nSPS) is 18.6. The highest BCUT2D eigenvalue weighted by Crippen LogP contribution is 2.30. The fourth-order valence-corrected chi connectivity index (χ4v) is 3.02. The Hall–Kier alpha value is -1.89. The third-order valence-electron chi connectivity index (χ3n) is 2.89. The molecular weight excluding hydrogens is 280 g/mol. The highest BCUT2D eigenvalue weighted by Gasteiger charge is 2.38. The minimum absolute atomic E-state index is 0.115. The summed E-state index contributed by atoms with van der Waals surface area (Å²) >= 11 is 1.14. The number of nitrogens with zero attached hydrogens (tertiary/aromatic N) is 2. The van der Waals surface area contributed by atoms with Crippen LogP contribution in [0.1, 0.15) is 30.1 Å². The molecule has 1 saturated heterocycles. The molecule has 2 rings (SSSR count). The van der Waals surface area contributed by atoms with Gasteiger partial charge in [-0.25, -0.2) is 9.78 Å². The van der Waals surface area contributed by atoms with Gasteiger partial charge in [0.15, 0.2) is 0 Å². The minimum atomic E-state index is -1.05. The molecule has 2 amide bonds. The van der Waals surface area contributed by atoms with Crippen LogP contribution in [0.3, 0.4) is 0 Å². The van der Waals surface area contributed by atoms with Crippen LogP contribution in [0, 0.1) is 0 Å². The molecule has 20 heavy (non-hydrogen) atoms. The van der Waals surface area contributed by atoms with Crippen LogP contribution in [0.5, 0.6) is 0 Å². The van der Waals surface area contributed by atoms with E-state index in [4.69, 9.17) is 5.11 Å². The number of carboxylic acid groups (broad SMARTS) is 1. The molecular formula is C13H14N2O4S. The van der Waals surface area contributed by atoms with Crippen molar-refractivity contribution in [2.24, 2.45) is 0 Å². The van der Waals surface area contributed by atoms with Crippen LogP contribution in [0.25, 0.3) is 0 Å². The fraction of sp³-hybridized carbons (Fsp3) is 0.385. The van der Waals surface area contributed by atoms with Crippen LogP contribution >= 0.6 is 11.8 Å². The Labute approximate surface area is 120 Å². The minimum Gasteiger partial charge on any atom is -0.478 e. The van der Waals surface area contributed by atoms with Gasteiger partial charge in [0.05, 0.1) is 15.8 Å². The molecule has 1 aliphatic rings. The first kappa shape index (κ1) is 14.5. The molecule has 2 heterocycles. The summed E-state index contributed by atoms with van der Waals surface area (Å²) in [6, 6.07) is 2.80. The first-order chi connectivity index (χ1) is 9.52. The predicted molar refractivity (Wildman–Crippen MR) is 72.5 cm³/mol. The van der Waals surface area contributed by atoms with Crippen molar-refractivity contribution in [3.63, 3.8) is 0 Å². The van der Waals surface area contributed by atoms with Gasteiger partial charge in [-0.15, -0.1) is 0 Å². The van der Waals surface area contributed by atoms with Crippen molar-refractivity contribution in [3.05, 3.63) is 23.9 Å². The van der Waals surface area contributed by atoms with Gasteiger partial charge in [0, 0.05) is 19.2 Å². The molecule has 7 heteroatoms. The maximum absolute atomic E-state index is 12.1. The zero-order valence-electron chi connectivity index (χ0n) is 10.9. The highest BCUT2D eigenvalue weighted by molar-refractivity contribution is 8.00. The summed E-state index contributed by atoms with van der Waals surface area (Å²) in [4.78, 5) is 40.0. The number of likely N-dealkylation sites (tertiary alicyclic amines) is 1. The summed E-state index contributed by atoms with van der Waals surface area (Å²) in [6.07, 6.45) is 2.25. The smallest absolute Gasteiger partial charge is 0.335 e. The lowest BCUT2D eigenvalue weighted by Gasteiger charge is -2.13. The average Bonchev–Trinajstić information content (AvgIpc) is 2.67. The second kappa shape index (κ2) is 6.04. The monoisotopic (exact) mass is 294 g/mol. The molecule has 6 nitrogen and oxygen atoms in total. The molecule has 1 aromatic rings. The van der Waals surface area contributed by atoms with Gasteiger partial charge in [0.2, 0.25) is 11.8 Å². The van der Waals surface area contributed by atoms with E-state index in [1.54, 1.807) is 0 Å². The van der Waals surface area contributed by atoms with Crippen LogP contribution < -0.4 is 0 Å².